The van der Waals surface area contributed by atoms with Crippen LogP contribution >= 0.6 is 0 Å². The molecule has 1 fully saturated rings. The van der Waals surface area contributed by atoms with Crippen LogP contribution in [0.25, 0.3) is 0 Å². The Morgan fingerprint density at radius 1 is 1.24 bits per heavy atom. The van der Waals surface area contributed by atoms with Crippen LogP contribution in [-0.4, -0.2) is 65.5 Å². The highest BCUT2D eigenvalue weighted by Gasteiger charge is 2.18. The normalized spacial score (nSPS) is 14.4. The van der Waals surface area contributed by atoms with Crippen molar-refractivity contribution in [1.29, 1.82) is 0 Å². The Labute approximate surface area is 124 Å². The van der Waals surface area contributed by atoms with Crippen molar-refractivity contribution in [3.63, 3.8) is 0 Å². The highest BCUT2D eigenvalue weighted by Crippen LogP contribution is 2.09. The third-order valence-corrected chi connectivity index (χ3v) is 3.29. The average Bonchev–Trinajstić information content (AvgIpc) is 2.47. The minimum atomic E-state index is -1.09. The van der Waals surface area contributed by atoms with Gasteiger partial charge in [0.2, 0.25) is 5.91 Å². The fourth-order valence-corrected chi connectivity index (χ4v) is 2.23. The van der Waals surface area contributed by atoms with Crippen molar-refractivity contribution >= 4 is 17.9 Å². The predicted octanol–water partition coefficient (Wildman–Crippen LogP) is 0.671. The molecule has 1 aliphatic heterocycles. The molecule has 0 bridgehead atoms. The highest BCUT2D eigenvalue weighted by molar-refractivity contribution is 5.81. The van der Waals surface area contributed by atoms with Crippen molar-refractivity contribution < 1.29 is 19.5 Å². The second kappa shape index (κ2) is 8.99. The van der Waals surface area contributed by atoms with E-state index in [1.165, 1.54) is 6.08 Å². The summed E-state index contributed by atoms with van der Waals surface area (Å²) in [5.74, 6) is -1.06. The summed E-state index contributed by atoms with van der Waals surface area (Å²) >= 11 is 0. The molecule has 0 aliphatic carbocycles. The van der Waals surface area contributed by atoms with E-state index in [1.807, 2.05) is 4.90 Å². The summed E-state index contributed by atoms with van der Waals surface area (Å²) < 4.78 is 0. The SMILES string of the molecule is C=CCN(CC(=O)O)C(=O)NCCC(=O)N1CCCCC1. The summed E-state index contributed by atoms with van der Waals surface area (Å²) in [5, 5.41) is 11.3. The van der Waals surface area contributed by atoms with Crippen molar-refractivity contribution in [2.45, 2.75) is 25.7 Å². The molecule has 0 spiro atoms. The van der Waals surface area contributed by atoms with E-state index in [0.29, 0.717) is 0 Å². The van der Waals surface area contributed by atoms with Crippen LogP contribution in [0.4, 0.5) is 4.79 Å². The lowest BCUT2D eigenvalue weighted by Crippen LogP contribution is -2.44. The Bertz CT molecular complexity index is 392. The second-order valence-electron chi connectivity index (χ2n) is 4.99. The number of urea groups is 1. The van der Waals surface area contributed by atoms with Crippen LogP contribution in [0.1, 0.15) is 25.7 Å². The summed E-state index contributed by atoms with van der Waals surface area (Å²) in [6, 6.07) is -0.497. The molecule has 0 unspecified atom stereocenters. The van der Waals surface area contributed by atoms with Gasteiger partial charge in [-0.1, -0.05) is 6.08 Å². The van der Waals surface area contributed by atoms with Gasteiger partial charge >= 0.3 is 12.0 Å². The zero-order valence-corrected chi connectivity index (χ0v) is 12.2. The van der Waals surface area contributed by atoms with Crippen LogP contribution in [0.3, 0.4) is 0 Å². The standard InChI is InChI=1S/C14H23N3O4/c1-2-8-17(11-13(19)20)14(21)15-7-6-12(18)16-9-4-3-5-10-16/h2H,1,3-11H2,(H,15,21)(H,19,20). The Kier molecular flexibility index (Phi) is 7.28. The number of likely N-dealkylation sites (tertiary alicyclic amines) is 1. The minimum Gasteiger partial charge on any atom is -0.480 e. The monoisotopic (exact) mass is 297 g/mol. The minimum absolute atomic E-state index is 0.0310. The van der Waals surface area contributed by atoms with Gasteiger partial charge in [0, 0.05) is 32.6 Å². The molecule has 1 heterocycles. The third-order valence-electron chi connectivity index (χ3n) is 3.29. The van der Waals surface area contributed by atoms with Gasteiger partial charge in [0.15, 0.2) is 0 Å². The number of hydrogen-bond acceptors (Lipinski definition) is 3. The van der Waals surface area contributed by atoms with Gasteiger partial charge in [-0.2, -0.15) is 0 Å². The number of carbonyl (C=O) groups excluding carboxylic acids is 2. The zero-order chi connectivity index (χ0) is 15.7. The van der Waals surface area contributed by atoms with E-state index >= 15 is 0 Å². The number of nitrogens with zero attached hydrogens (tertiary/aromatic N) is 2. The first-order chi connectivity index (χ1) is 10.0. The number of carboxylic acid groups (broad SMARTS) is 1. The van der Waals surface area contributed by atoms with Gasteiger partial charge in [0.25, 0.3) is 0 Å². The summed E-state index contributed by atoms with van der Waals surface area (Å²) in [7, 11) is 0. The molecule has 0 atom stereocenters. The van der Waals surface area contributed by atoms with Gasteiger partial charge in [-0.05, 0) is 19.3 Å². The van der Waals surface area contributed by atoms with Crippen LogP contribution < -0.4 is 5.32 Å². The van der Waals surface area contributed by atoms with Crippen molar-refractivity contribution in [2.75, 3.05) is 32.7 Å². The first-order valence-corrected chi connectivity index (χ1v) is 7.18. The molecule has 0 aromatic rings. The smallest absolute Gasteiger partial charge is 0.323 e. The molecule has 21 heavy (non-hydrogen) atoms. The van der Waals surface area contributed by atoms with Crippen molar-refractivity contribution in [3.8, 4) is 0 Å². The number of carboxylic acids is 1. The molecule has 1 rings (SSSR count). The van der Waals surface area contributed by atoms with Crippen molar-refractivity contribution in [3.05, 3.63) is 12.7 Å². The van der Waals surface area contributed by atoms with E-state index in [0.717, 1.165) is 37.3 Å². The van der Waals surface area contributed by atoms with E-state index in [9.17, 15) is 14.4 Å². The number of carbonyl (C=O) groups is 3. The van der Waals surface area contributed by atoms with Crippen LogP contribution in [-0.2, 0) is 9.59 Å². The van der Waals surface area contributed by atoms with E-state index in [1.54, 1.807) is 0 Å². The van der Waals surface area contributed by atoms with Gasteiger partial charge < -0.3 is 20.2 Å². The predicted molar refractivity (Wildman–Crippen MR) is 77.9 cm³/mol. The van der Waals surface area contributed by atoms with Gasteiger partial charge in [0.05, 0.1) is 0 Å². The van der Waals surface area contributed by atoms with Gasteiger partial charge in [0.1, 0.15) is 6.54 Å². The Balaban J connectivity index is 2.31. The van der Waals surface area contributed by atoms with Gasteiger partial charge in [-0.3, -0.25) is 9.59 Å². The molecule has 118 valence electrons. The van der Waals surface area contributed by atoms with Crippen LogP contribution in [0, 0.1) is 0 Å². The largest absolute Gasteiger partial charge is 0.480 e. The maximum atomic E-state index is 11.9. The number of rotatable bonds is 7. The van der Waals surface area contributed by atoms with Crippen molar-refractivity contribution in [1.82, 2.24) is 15.1 Å². The van der Waals surface area contributed by atoms with E-state index in [4.69, 9.17) is 5.11 Å². The quantitative estimate of drug-likeness (QED) is 0.676. The lowest BCUT2D eigenvalue weighted by molar-refractivity contribution is -0.137. The van der Waals surface area contributed by atoms with Crippen molar-refractivity contribution in [2.24, 2.45) is 0 Å². The number of amides is 3. The van der Waals surface area contributed by atoms with Gasteiger partial charge in [-0.25, -0.2) is 4.79 Å². The van der Waals surface area contributed by atoms with E-state index in [2.05, 4.69) is 11.9 Å². The molecule has 0 aromatic heterocycles. The topological polar surface area (TPSA) is 90.0 Å². The summed E-state index contributed by atoms with van der Waals surface area (Å²) in [6.45, 7) is 5.03. The molecule has 1 aliphatic rings. The molecule has 3 amide bonds. The fourth-order valence-electron chi connectivity index (χ4n) is 2.23. The lowest BCUT2D eigenvalue weighted by atomic mass is 10.1. The maximum Gasteiger partial charge on any atom is 0.323 e. The Morgan fingerprint density at radius 2 is 1.90 bits per heavy atom. The molecular weight excluding hydrogens is 274 g/mol. The van der Waals surface area contributed by atoms with E-state index in [-0.39, 0.29) is 25.4 Å². The zero-order valence-electron chi connectivity index (χ0n) is 12.2. The maximum absolute atomic E-state index is 11.9. The van der Waals surface area contributed by atoms with Crippen LogP contribution in [0.5, 0.6) is 0 Å². The molecule has 2 N–H and O–H groups in total. The molecule has 7 heteroatoms. The highest BCUT2D eigenvalue weighted by atomic mass is 16.4. The van der Waals surface area contributed by atoms with E-state index < -0.39 is 18.5 Å². The third kappa shape index (κ3) is 6.29. The average molecular weight is 297 g/mol. The molecule has 1 saturated heterocycles. The number of piperidine rings is 1. The number of nitrogens with one attached hydrogen (secondary N) is 1. The molecule has 7 nitrogen and oxygen atoms in total. The molecule has 0 radical (unpaired) electrons. The summed E-state index contributed by atoms with van der Waals surface area (Å²) in [5.41, 5.74) is 0. The van der Waals surface area contributed by atoms with Crippen LogP contribution in [0.15, 0.2) is 12.7 Å². The van der Waals surface area contributed by atoms with Crippen LogP contribution in [0.2, 0.25) is 0 Å². The molecular formula is C14H23N3O4. The first-order valence-electron chi connectivity index (χ1n) is 7.18. The van der Waals surface area contributed by atoms with Gasteiger partial charge in [-0.15, -0.1) is 6.58 Å². The first kappa shape index (κ1) is 17.0. The second-order valence-corrected chi connectivity index (χ2v) is 4.99. The summed E-state index contributed by atoms with van der Waals surface area (Å²) in [4.78, 5) is 37.3. The molecule has 0 aromatic carbocycles. The summed E-state index contributed by atoms with van der Waals surface area (Å²) in [6.07, 6.45) is 4.92. The fraction of sp³-hybridized carbons (Fsp3) is 0.643. The lowest BCUT2D eigenvalue weighted by Gasteiger charge is -2.27. The number of hydrogen-bond donors (Lipinski definition) is 2. The Morgan fingerprint density at radius 3 is 2.48 bits per heavy atom. The molecule has 0 saturated carbocycles. The Hall–Kier alpha value is -2.05. The number of aliphatic carboxylic acids is 1.